The molecule has 0 saturated carbocycles. The van der Waals surface area contributed by atoms with Gasteiger partial charge in [-0.15, -0.1) is 11.3 Å². The number of hydrogen-bond donors (Lipinski definition) is 2. The molecule has 1 aliphatic heterocycles. The molecule has 188 valence electrons. The second kappa shape index (κ2) is 9.62. The highest BCUT2D eigenvalue weighted by atomic mass is 32.1. The molecule has 2 atom stereocenters. The standard InChI is InChI=1S/C29H32N2O4S/c1-5-34-22-15-18(11-14-21(22)35-28(33)17-9-7-6-8-10-17)25-30-26(32)24-20-13-12-19(29(2,3)4)16-23(20)36-27(24)31-25/h6-11,14-15,19,25,31H,5,12-13,16H2,1-4H3,(H,30,32)/t19-,25+/m0/s1. The molecule has 1 aliphatic carbocycles. The van der Waals surface area contributed by atoms with Crippen molar-refractivity contribution in [1.82, 2.24) is 5.32 Å². The number of nitrogens with one attached hydrogen (secondary N) is 2. The van der Waals surface area contributed by atoms with Crippen LogP contribution in [0, 0.1) is 11.3 Å². The molecule has 0 bridgehead atoms. The minimum absolute atomic E-state index is 0.0435. The Hall–Kier alpha value is -3.32. The number of carbonyl (C=O) groups excluding carboxylic acids is 2. The number of rotatable bonds is 5. The van der Waals surface area contributed by atoms with Crippen molar-refractivity contribution in [2.24, 2.45) is 11.3 Å². The lowest BCUT2D eigenvalue weighted by molar-refractivity contribution is 0.0728. The maximum absolute atomic E-state index is 13.2. The number of hydrogen-bond acceptors (Lipinski definition) is 6. The molecule has 0 saturated heterocycles. The third kappa shape index (κ3) is 4.72. The molecule has 3 aromatic rings. The molecule has 1 amide bonds. The fourth-order valence-electron chi connectivity index (χ4n) is 4.99. The van der Waals surface area contributed by atoms with E-state index in [1.54, 1.807) is 41.7 Å². The fraction of sp³-hybridized carbons (Fsp3) is 0.379. The molecule has 2 aromatic carbocycles. The van der Waals surface area contributed by atoms with Gasteiger partial charge in [0, 0.05) is 4.88 Å². The van der Waals surface area contributed by atoms with Gasteiger partial charge in [-0.1, -0.05) is 45.0 Å². The smallest absolute Gasteiger partial charge is 0.343 e. The molecule has 2 aliphatic rings. The average molecular weight is 505 g/mol. The predicted molar refractivity (Wildman–Crippen MR) is 142 cm³/mol. The Morgan fingerprint density at radius 3 is 2.58 bits per heavy atom. The summed E-state index contributed by atoms with van der Waals surface area (Å²) < 4.78 is 11.4. The third-order valence-electron chi connectivity index (χ3n) is 7.08. The summed E-state index contributed by atoms with van der Waals surface area (Å²) in [5.74, 6) is 0.925. The zero-order valence-corrected chi connectivity index (χ0v) is 22.0. The van der Waals surface area contributed by atoms with Crippen LogP contribution in [0.5, 0.6) is 11.5 Å². The number of amides is 1. The minimum atomic E-state index is -0.448. The number of thiophene rings is 1. The van der Waals surface area contributed by atoms with Gasteiger partial charge in [-0.25, -0.2) is 4.79 Å². The third-order valence-corrected chi connectivity index (χ3v) is 8.27. The SMILES string of the molecule is CCOc1cc([C@@H]2NC(=O)c3c(sc4c3CC[C@H](C(C)(C)C)C4)N2)ccc1OC(=O)c1ccccc1. The van der Waals surface area contributed by atoms with Crippen molar-refractivity contribution in [2.75, 3.05) is 11.9 Å². The van der Waals surface area contributed by atoms with Crippen LogP contribution in [0.4, 0.5) is 5.00 Å². The van der Waals surface area contributed by atoms with Crippen molar-refractivity contribution in [3.63, 3.8) is 0 Å². The molecule has 2 N–H and O–H groups in total. The highest BCUT2D eigenvalue weighted by Gasteiger charge is 2.36. The molecule has 7 heteroatoms. The lowest BCUT2D eigenvalue weighted by Gasteiger charge is -2.34. The summed E-state index contributed by atoms with van der Waals surface area (Å²) in [5, 5.41) is 7.58. The average Bonchev–Trinajstić information content (AvgIpc) is 3.23. The summed E-state index contributed by atoms with van der Waals surface area (Å²) in [4.78, 5) is 27.1. The van der Waals surface area contributed by atoms with Crippen molar-refractivity contribution < 1.29 is 19.1 Å². The summed E-state index contributed by atoms with van der Waals surface area (Å²) in [5.41, 5.74) is 3.56. The molecule has 2 heterocycles. The van der Waals surface area contributed by atoms with Crippen LogP contribution in [0.15, 0.2) is 48.5 Å². The quantitative estimate of drug-likeness (QED) is 0.312. The Morgan fingerprint density at radius 2 is 1.86 bits per heavy atom. The van der Waals surface area contributed by atoms with Gasteiger partial charge in [0.15, 0.2) is 11.5 Å². The van der Waals surface area contributed by atoms with E-state index in [1.807, 2.05) is 25.1 Å². The monoisotopic (exact) mass is 504 g/mol. The van der Waals surface area contributed by atoms with Crippen LogP contribution >= 0.6 is 11.3 Å². The Kier molecular flexibility index (Phi) is 6.51. The van der Waals surface area contributed by atoms with E-state index in [0.29, 0.717) is 29.6 Å². The van der Waals surface area contributed by atoms with E-state index in [0.717, 1.165) is 35.4 Å². The highest BCUT2D eigenvalue weighted by molar-refractivity contribution is 7.16. The summed E-state index contributed by atoms with van der Waals surface area (Å²) in [6.45, 7) is 9.19. The van der Waals surface area contributed by atoms with E-state index in [2.05, 4.69) is 31.4 Å². The van der Waals surface area contributed by atoms with Gasteiger partial charge in [0.2, 0.25) is 0 Å². The van der Waals surface area contributed by atoms with Crippen LogP contribution < -0.4 is 20.1 Å². The number of fused-ring (bicyclic) bond motifs is 3. The minimum Gasteiger partial charge on any atom is -0.490 e. The molecule has 36 heavy (non-hydrogen) atoms. The van der Waals surface area contributed by atoms with Crippen molar-refractivity contribution in [3.05, 3.63) is 75.7 Å². The van der Waals surface area contributed by atoms with Crippen LogP contribution in [-0.4, -0.2) is 18.5 Å². The Balaban J connectivity index is 1.38. The van der Waals surface area contributed by atoms with Gasteiger partial charge in [-0.2, -0.15) is 0 Å². The highest BCUT2D eigenvalue weighted by Crippen LogP contribution is 2.46. The van der Waals surface area contributed by atoms with E-state index in [9.17, 15) is 9.59 Å². The van der Waals surface area contributed by atoms with Crippen LogP contribution in [0.25, 0.3) is 0 Å². The molecule has 5 rings (SSSR count). The Morgan fingerprint density at radius 1 is 1.08 bits per heavy atom. The van der Waals surface area contributed by atoms with Crippen molar-refractivity contribution in [3.8, 4) is 11.5 Å². The van der Waals surface area contributed by atoms with Gasteiger partial charge in [0.1, 0.15) is 11.2 Å². The predicted octanol–water partition coefficient (Wildman–Crippen LogP) is 6.37. The van der Waals surface area contributed by atoms with Gasteiger partial charge in [-0.05, 0) is 72.9 Å². The number of esters is 1. The van der Waals surface area contributed by atoms with Crippen molar-refractivity contribution in [2.45, 2.75) is 53.1 Å². The molecular formula is C29H32N2O4S. The van der Waals surface area contributed by atoms with Gasteiger partial charge in [-0.3, -0.25) is 4.79 Å². The van der Waals surface area contributed by atoms with Gasteiger partial charge in [0.25, 0.3) is 5.91 Å². The van der Waals surface area contributed by atoms with E-state index in [1.165, 1.54) is 10.4 Å². The number of carbonyl (C=O) groups is 2. The number of ether oxygens (including phenoxy) is 2. The van der Waals surface area contributed by atoms with E-state index >= 15 is 0 Å². The topological polar surface area (TPSA) is 76.7 Å². The second-order valence-corrected chi connectivity index (χ2v) is 11.6. The van der Waals surface area contributed by atoms with Gasteiger partial charge >= 0.3 is 5.97 Å². The van der Waals surface area contributed by atoms with Crippen molar-refractivity contribution >= 4 is 28.2 Å². The van der Waals surface area contributed by atoms with Crippen LogP contribution in [0.3, 0.4) is 0 Å². The van der Waals surface area contributed by atoms with Crippen LogP contribution in [0.1, 0.15) is 77.0 Å². The first-order valence-corrected chi connectivity index (χ1v) is 13.3. The van der Waals surface area contributed by atoms with Crippen LogP contribution in [-0.2, 0) is 12.8 Å². The molecular weight excluding hydrogens is 472 g/mol. The largest absolute Gasteiger partial charge is 0.490 e. The van der Waals surface area contributed by atoms with Gasteiger partial charge in [0.05, 0.1) is 17.7 Å². The summed E-state index contributed by atoms with van der Waals surface area (Å²) >= 11 is 1.71. The lowest BCUT2D eigenvalue weighted by atomic mass is 9.72. The molecule has 0 unspecified atom stereocenters. The summed E-state index contributed by atoms with van der Waals surface area (Å²) in [6, 6.07) is 14.2. The first kappa shape index (κ1) is 24.4. The molecule has 0 fully saturated rings. The molecule has 6 nitrogen and oxygen atoms in total. The maximum Gasteiger partial charge on any atom is 0.343 e. The zero-order valence-electron chi connectivity index (χ0n) is 21.1. The van der Waals surface area contributed by atoms with Gasteiger partial charge < -0.3 is 20.1 Å². The normalized spacial score (nSPS) is 18.9. The van der Waals surface area contributed by atoms with Crippen LogP contribution in [0.2, 0.25) is 0 Å². The Bertz CT molecular complexity index is 1290. The zero-order chi connectivity index (χ0) is 25.4. The summed E-state index contributed by atoms with van der Waals surface area (Å²) in [7, 11) is 0. The molecule has 0 spiro atoms. The first-order valence-electron chi connectivity index (χ1n) is 12.5. The van der Waals surface area contributed by atoms with E-state index in [4.69, 9.17) is 9.47 Å². The van der Waals surface area contributed by atoms with Crippen molar-refractivity contribution in [1.29, 1.82) is 0 Å². The fourth-order valence-corrected chi connectivity index (χ4v) is 6.35. The molecule has 1 aromatic heterocycles. The van der Waals surface area contributed by atoms with E-state index < -0.39 is 12.1 Å². The second-order valence-electron chi connectivity index (χ2n) is 10.5. The first-order chi connectivity index (χ1) is 17.2. The lowest BCUT2D eigenvalue weighted by Crippen LogP contribution is -2.38. The van der Waals surface area contributed by atoms with E-state index in [-0.39, 0.29) is 11.3 Å². The molecule has 0 radical (unpaired) electrons. The maximum atomic E-state index is 13.2. The Labute approximate surface area is 216 Å². The summed E-state index contributed by atoms with van der Waals surface area (Å²) in [6.07, 6.45) is 2.67. The number of anilines is 1. The number of benzene rings is 2.